The zero-order valence-corrected chi connectivity index (χ0v) is 24.5. The van der Waals surface area contributed by atoms with E-state index in [4.69, 9.17) is 4.98 Å². The van der Waals surface area contributed by atoms with Gasteiger partial charge >= 0.3 is 0 Å². The van der Waals surface area contributed by atoms with E-state index in [1.165, 1.54) is 12.1 Å². The van der Waals surface area contributed by atoms with E-state index >= 15 is 0 Å². The molecule has 1 aliphatic heterocycles. The van der Waals surface area contributed by atoms with Gasteiger partial charge in [0.25, 0.3) is 0 Å². The second-order valence-corrected chi connectivity index (χ2v) is 12.3. The minimum atomic E-state index is -0.289. The number of aromatic amines is 1. The summed E-state index contributed by atoms with van der Waals surface area (Å²) in [5.41, 5.74) is 3.71. The number of carbonyl (C=O) groups is 2. The molecule has 40 heavy (non-hydrogen) atoms. The molecule has 0 radical (unpaired) electrons. The lowest BCUT2D eigenvalue weighted by Gasteiger charge is -2.32. The molecule has 1 aromatic carbocycles. The molecule has 0 bridgehead atoms. The van der Waals surface area contributed by atoms with Crippen LogP contribution in [0.3, 0.4) is 0 Å². The van der Waals surface area contributed by atoms with E-state index in [1.54, 1.807) is 23.5 Å². The van der Waals surface area contributed by atoms with Crippen molar-refractivity contribution in [1.29, 1.82) is 0 Å². The van der Waals surface area contributed by atoms with Crippen LogP contribution in [0.25, 0.3) is 22.6 Å². The van der Waals surface area contributed by atoms with E-state index in [1.807, 2.05) is 12.3 Å². The molecule has 3 heterocycles. The molecule has 6 nitrogen and oxygen atoms in total. The average Bonchev–Trinajstić information content (AvgIpc) is 3.29. The summed E-state index contributed by atoms with van der Waals surface area (Å²) in [5, 5.41) is 7.54. The van der Waals surface area contributed by atoms with Crippen LogP contribution in [0.5, 0.6) is 0 Å². The Bertz CT molecular complexity index is 1280. The van der Waals surface area contributed by atoms with Gasteiger partial charge in [-0.05, 0) is 92.9 Å². The summed E-state index contributed by atoms with van der Waals surface area (Å²) >= 11 is 1.62. The molecule has 2 aliphatic rings. The number of nitrogens with zero attached hydrogens (tertiary/aromatic N) is 2. The lowest BCUT2D eigenvalue weighted by molar-refractivity contribution is -0.124. The number of hydrogen-bond donors (Lipinski definition) is 2. The molecule has 1 saturated heterocycles. The summed E-state index contributed by atoms with van der Waals surface area (Å²) in [7, 11) is 0. The maximum absolute atomic E-state index is 13.7. The van der Waals surface area contributed by atoms with E-state index in [9.17, 15) is 14.0 Å². The number of Topliss-reactive ketones (excluding diaryl/α,β-unsaturated/α-hetero) is 1. The zero-order valence-electron chi connectivity index (χ0n) is 23.7. The maximum atomic E-state index is 13.7. The number of hydrogen-bond acceptors (Lipinski definition) is 5. The predicted molar refractivity (Wildman–Crippen MR) is 158 cm³/mol. The number of carbonyl (C=O) groups excluding carboxylic acids is 2. The summed E-state index contributed by atoms with van der Waals surface area (Å²) in [6.45, 7) is 7.32. The van der Waals surface area contributed by atoms with Gasteiger partial charge in [-0.3, -0.25) is 9.59 Å². The topological polar surface area (TPSA) is 78.1 Å². The molecular formula is C32H41FN4O2S. The van der Waals surface area contributed by atoms with Crippen LogP contribution in [-0.2, 0) is 9.59 Å². The van der Waals surface area contributed by atoms with Crippen molar-refractivity contribution in [2.24, 2.45) is 11.3 Å². The number of thiophene rings is 1. The lowest BCUT2D eigenvalue weighted by Crippen LogP contribution is -2.37. The van der Waals surface area contributed by atoms with Crippen molar-refractivity contribution in [2.75, 3.05) is 19.6 Å². The van der Waals surface area contributed by atoms with Crippen molar-refractivity contribution in [3.63, 3.8) is 0 Å². The van der Waals surface area contributed by atoms with E-state index in [0.717, 1.165) is 87.1 Å². The van der Waals surface area contributed by atoms with Crippen LogP contribution in [-0.4, -0.2) is 46.2 Å². The summed E-state index contributed by atoms with van der Waals surface area (Å²) in [4.78, 5) is 36.4. The third-order valence-corrected chi connectivity index (χ3v) is 9.64. The van der Waals surface area contributed by atoms with Gasteiger partial charge in [-0.15, -0.1) is 0 Å². The van der Waals surface area contributed by atoms with Crippen LogP contribution < -0.4 is 5.32 Å². The van der Waals surface area contributed by atoms with Crippen molar-refractivity contribution in [3.8, 4) is 22.6 Å². The van der Waals surface area contributed by atoms with E-state index < -0.39 is 0 Å². The highest BCUT2D eigenvalue weighted by atomic mass is 32.1. The SMILES string of the molecule is CCC(=O)CCCCC[C@H](NC(=O)C1CC12CCN(CC)CC2)c1nc(-c2ccc(F)cc2)[nH]c1-c1ccsc1. The summed E-state index contributed by atoms with van der Waals surface area (Å²) in [6.07, 6.45) is 7.80. The number of halogens is 1. The number of likely N-dealkylation sites (tertiary alicyclic amines) is 1. The summed E-state index contributed by atoms with van der Waals surface area (Å²) < 4.78 is 13.6. The van der Waals surface area contributed by atoms with Crippen LogP contribution in [0.4, 0.5) is 4.39 Å². The number of amides is 1. The number of benzene rings is 1. The number of aromatic nitrogens is 2. The maximum Gasteiger partial charge on any atom is 0.224 e. The number of ketones is 1. The smallest absolute Gasteiger partial charge is 0.224 e. The van der Waals surface area contributed by atoms with E-state index in [-0.39, 0.29) is 29.1 Å². The van der Waals surface area contributed by atoms with Gasteiger partial charge in [0.1, 0.15) is 17.4 Å². The predicted octanol–water partition coefficient (Wildman–Crippen LogP) is 7.15. The quantitative estimate of drug-likeness (QED) is 0.216. The number of H-pyrrole nitrogens is 1. The summed E-state index contributed by atoms with van der Waals surface area (Å²) in [5.74, 6) is 0.881. The Kier molecular flexibility index (Phi) is 9.16. The first-order valence-electron chi connectivity index (χ1n) is 14.8. The van der Waals surface area contributed by atoms with Crippen molar-refractivity contribution >= 4 is 23.0 Å². The van der Waals surface area contributed by atoms with Crippen LogP contribution in [0.1, 0.15) is 83.4 Å². The van der Waals surface area contributed by atoms with Gasteiger partial charge < -0.3 is 15.2 Å². The van der Waals surface area contributed by atoms with Gasteiger partial charge in [0.05, 0.1) is 17.4 Å². The number of imidazole rings is 1. The molecule has 1 amide bonds. The van der Waals surface area contributed by atoms with Crippen molar-refractivity contribution < 1.29 is 14.0 Å². The highest BCUT2D eigenvalue weighted by Gasteiger charge is 2.58. The Morgan fingerprint density at radius 2 is 1.90 bits per heavy atom. The minimum Gasteiger partial charge on any atom is -0.347 e. The van der Waals surface area contributed by atoms with Gasteiger partial charge in [-0.2, -0.15) is 11.3 Å². The van der Waals surface area contributed by atoms with Gasteiger partial charge in [0.2, 0.25) is 5.91 Å². The largest absolute Gasteiger partial charge is 0.347 e. The first-order valence-corrected chi connectivity index (χ1v) is 15.8. The molecule has 1 aliphatic carbocycles. The average molecular weight is 565 g/mol. The summed E-state index contributed by atoms with van der Waals surface area (Å²) in [6, 6.07) is 8.14. The molecule has 5 rings (SSSR count). The number of piperidine rings is 1. The van der Waals surface area contributed by atoms with Crippen LogP contribution in [0.15, 0.2) is 41.1 Å². The molecule has 2 N–H and O–H groups in total. The Morgan fingerprint density at radius 1 is 1.12 bits per heavy atom. The van der Waals surface area contributed by atoms with E-state index in [2.05, 4.69) is 33.6 Å². The van der Waals surface area contributed by atoms with E-state index in [0.29, 0.717) is 24.4 Å². The van der Waals surface area contributed by atoms with Gasteiger partial charge in [-0.25, -0.2) is 9.37 Å². The third-order valence-electron chi connectivity index (χ3n) is 8.95. The van der Waals surface area contributed by atoms with Gasteiger partial charge in [0.15, 0.2) is 0 Å². The Labute approximate surface area is 240 Å². The normalized spacial score (nSPS) is 19.0. The van der Waals surface area contributed by atoms with Crippen LogP contribution in [0, 0.1) is 17.2 Å². The second kappa shape index (κ2) is 12.8. The first kappa shape index (κ1) is 28.7. The number of unbranched alkanes of at least 4 members (excludes halogenated alkanes) is 2. The molecule has 1 saturated carbocycles. The molecule has 2 atom stereocenters. The standard InChI is InChI=1S/C32H41FN4O2S/c1-3-25(38)8-6-5-7-9-27(34-31(39)26-20-32(26)15-17-37(4-2)18-16-32)29-28(23-14-19-40-21-23)35-30(36-29)22-10-12-24(33)13-11-22/h10-14,19,21,26-27H,3-9,15-18,20H2,1-2H3,(H,34,39)(H,35,36)/t26?,27-/m0/s1. The molecule has 1 spiro atoms. The number of nitrogens with one attached hydrogen (secondary N) is 2. The molecule has 3 aromatic rings. The third kappa shape index (κ3) is 6.55. The zero-order chi connectivity index (χ0) is 28.1. The van der Waals surface area contributed by atoms with Crippen molar-refractivity contribution in [1.82, 2.24) is 20.2 Å². The van der Waals surface area contributed by atoms with Gasteiger partial charge in [-0.1, -0.05) is 26.7 Å². The van der Waals surface area contributed by atoms with Gasteiger partial charge in [0, 0.05) is 35.3 Å². The Hall–Kier alpha value is -2.84. The Balaban J connectivity index is 1.37. The molecule has 8 heteroatoms. The fourth-order valence-corrected chi connectivity index (χ4v) is 6.82. The monoisotopic (exact) mass is 564 g/mol. The fraction of sp³-hybridized carbons (Fsp3) is 0.531. The first-order chi connectivity index (χ1) is 19.4. The lowest BCUT2D eigenvalue weighted by atomic mass is 9.90. The van der Waals surface area contributed by atoms with Crippen LogP contribution in [0.2, 0.25) is 0 Å². The minimum absolute atomic E-state index is 0.0660. The van der Waals surface area contributed by atoms with Crippen LogP contribution >= 0.6 is 11.3 Å². The second-order valence-electron chi connectivity index (χ2n) is 11.5. The highest BCUT2D eigenvalue weighted by Crippen LogP contribution is 2.59. The highest BCUT2D eigenvalue weighted by molar-refractivity contribution is 7.08. The molecule has 214 valence electrons. The van der Waals surface area contributed by atoms with Crippen molar-refractivity contribution in [3.05, 3.63) is 52.6 Å². The van der Waals surface area contributed by atoms with Crippen molar-refractivity contribution in [2.45, 2.75) is 77.7 Å². The Morgan fingerprint density at radius 3 is 2.58 bits per heavy atom. The molecule has 2 aromatic heterocycles. The number of rotatable bonds is 13. The molecular weight excluding hydrogens is 523 g/mol. The molecule has 1 unspecified atom stereocenters. The fourth-order valence-electron chi connectivity index (χ4n) is 6.17. The molecule has 2 fully saturated rings.